The highest BCUT2D eigenvalue weighted by Crippen LogP contribution is 2.10. The molecule has 2 aromatic heterocycles. The number of carbonyl (C=O) groups excluding carboxylic acids is 1. The van der Waals surface area contributed by atoms with Gasteiger partial charge < -0.3 is 15.4 Å². The average molecular weight is 333 g/mol. The van der Waals surface area contributed by atoms with Crippen molar-refractivity contribution < 1.29 is 9.53 Å². The van der Waals surface area contributed by atoms with Crippen LogP contribution in [0.3, 0.4) is 0 Å². The van der Waals surface area contributed by atoms with E-state index in [0.29, 0.717) is 11.9 Å². The molecule has 0 saturated carbocycles. The molecule has 1 fully saturated rings. The first-order valence-electron chi connectivity index (χ1n) is 7.86. The summed E-state index contributed by atoms with van der Waals surface area (Å²) in [4.78, 5) is 42.5. The Hall–Kier alpha value is -2.68. The number of urea groups is 1. The lowest BCUT2D eigenvalue weighted by Crippen LogP contribution is -2.43. The number of H-pyrrole nitrogens is 1. The van der Waals surface area contributed by atoms with E-state index in [1.165, 1.54) is 6.20 Å². The van der Waals surface area contributed by atoms with Crippen LogP contribution >= 0.6 is 0 Å². The molecule has 0 spiro atoms. The number of nitrogens with one attached hydrogen (secondary N) is 3. The van der Waals surface area contributed by atoms with Crippen molar-refractivity contribution in [1.82, 2.24) is 25.2 Å². The maximum atomic E-state index is 12.3. The van der Waals surface area contributed by atoms with E-state index in [1.807, 2.05) is 0 Å². The van der Waals surface area contributed by atoms with Gasteiger partial charge in [-0.15, -0.1) is 0 Å². The Labute approximate surface area is 137 Å². The van der Waals surface area contributed by atoms with Crippen molar-refractivity contribution in [1.29, 1.82) is 0 Å². The number of aromatic amines is 1. The Kier molecular flexibility index (Phi) is 4.90. The van der Waals surface area contributed by atoms with Gasteiger partial charge in [-0.1, -0.05) is 0 Å². The number of aromatic nitrogens is 3. The Bertz CT molecular complexity index is 838. The number of ether oxygens (including phenoxy) is 1. The second-order valence-electron chi connectivity index (χ2n) is 5.56. The Balaban J connectivity index is 1.56. The monoisotopic (exact) mass is 333 g/mol. The van der Waals surface area contributed by atoms with Gasteiger partial charge in [0.25, 0.3) is 5.56 Å². The maximum Gasteiger partial charge on any atom is 0.330 e. The smallest absolute Gasteiger partial charge is 0.330 e. The molecule has 9 nitrogen and oxygen atoms in total. The highest BCUT2D eigenvalue weighted by atomic mass is 16.5. The number of carbonyl (C=O) groups is 1. The number of amides is 2. The first-order chi connectivity index (χ1) is 11.6. The molecule has 0 aromatic carbocycles. The van der Waals surface area contributed by atoms with Gasteiger partial charge in [-0.25, -0.2) is 14.6 Å². The predicted octanol–water partition coefficient (Wildman–Crippen LogP) is -0.437. The first-order valence-corrected chi connectivity index (χ1v) is 7.86. The Morgan fingerprint density at radius 1 is 1.42 bits per heavy atom. The number of pyridine rings is 1. The minimum atomic E-state index is -0.548. The molecule has 3 N–H and O–H groups in total. The normalized spacial score (nSPS) is 17.1. The van der Waals surface area contributed by atoms with E-state index in [4.69, 9.17) is 4.74 Å². The predicted molar refractivity (Wildman–Crippen MR) is 87.0 cm³/mol. The number of hydrogen-bond acceptors (Lipinski definition) is 5. The molecule has 3 heterocycles. The van der Waals surface area contributed by atoms with Crippen molar-refractivity contribution in [2.24, 2.45) is 0 Å². The van der Waals surface area contributed by atoms with Crippen LogP contribution in [-0.4, -0.2) is 46.4 Å². The van der Waals surface area contributed by atoms with Gasteiger partial charge >= 0.3 is 11.7 Å². The summed E-state index contributed by atoms with van der Waals surface area (Å²) in [6.07, 6.45) is 3.52. The molecule has 24 heavy (non-hydrogen) atoms. The van der Waals surface area contributed by atoms with Crippen molar-refractivity contribution in [3.63, 3.8) is 0 Å². The molecule has 0 bridgehead atoms. The fraction of sp³-hybridized carbons (Fsp3) is 0.467. The standard InChI is InChI=1S/C15H19N5O4/c21-13-11-4-1-5-16-12(11)19-15(23)20(13)7-6-17-14(22)18-9-10-3-2-8-24-10/h1,4-5,10H,2-3,6-9H2,(H,16,19,23)(H2,17,18,22)/t10-/m0/s1. The van der Waals surface area contributed by atoms with Gasteiger partial charge in [0.2, 0.25) is 0 Å². The molecule has 1 saturated heterocycles. The minimum absolute atomic E-state index is 0.0641. The molecule has 1 aliphatic rings. The van der Waals surface area contributed by atoms with E-state index < -0.39 is 11.2 Å². The zero-order valence-electron chi connectivity index (χ0n) is 13.1. The van der Waals surface area contributed by atoms with Crippen LogP contribution in [0.1, 0.15) is 12.8 Å². The quantitative estimate of drug-likeness (QED) is 0.686. The zero-order valence-corrected chi connectivity index (χ0v) is 13.1. The third kappa shape index (κ3) is 3.62. The Morgan fingerprint density at radius 3 is 3.08 bits per heavy atom. The third-order valence-corrected chi connectivity index (χ3v) is 3.89. The largest absolute Gasteiger partial charge is 0.376 e. The number of nitrogens with zero attached hydrogens (tertiary/aromatic N) is 2. The number of hydrogen-bond donors (Lipinski definition) is 3. The lowest BCUT2D eigenvalue weighted by atomic mass is 10.2. The molecule has 0 aliphatic carbocycles. The first kappa shape index (κ1) is 16.2. The van der Waals surface area contributed by atoms with Crippen LogP contribution in [0.4, 0.5) is 4.79 Å². The summed E-state index contributed by atoms with van der Waals surface area (Å²) < 4.78 is 6.46. The van der Waals surface area contributed by atoms with Crippen molar-refractivity contribution in [3.05, 3.63) is 39.2 Å². The number of fused-ring (bicyclic) bond motifs is 1. The average Bonchev–Trinajstić information content (AvgIpc) is 3.09. The van der Waals surface area contributed by atoms with Crippen LogP contribution in [0.5, 0.6) is 0 Å². The van der Waals surface area contributed by atoms with Gasteiger partial charge in [-0.2, -0.15) is 0 Å². The molecule has 0 unspecified atom stereocenters. The summed E-state index contributed by atoms with van der Waals surface area (Å²) >= 11 is 0. The summed E-state index contributed by atoms with van der Waals surface area (Å²) in [6.45, 7) is 1.42. The molecule has 1 atom stereocenters. The fourth-order valence-electron chi connectivity index (χ4n) is 2.64. The molecule has 3 rings (SSSR count). The summed E-state index contributed by atoms with van der Waals surface area (Å²) in [5.41, 5.74) is -0.720. The maximum absolute atomic E-state index is 12.3. The molecule has 128 valence electrons. The zero-order chi connectivity index (χ0) is 16.9. The lowest BCUT2D eigenvalue weighted by molar-refractivity contribution is 0.111. The van der Waals surface area contributed by atoms with Crippen molar-refractivity contribution in [2.45, 2.75) is 25.5 Å². The second-order valence-corrected chi connectivity index (χ2v) is 5.56. The molecule has 9 heteroatoms. The van der Waals surface area contributed by atoms with Crippen molar-refractivity contribution >= 4 is 17.1 Å². The summed E-state index contributed by atoms with van der Waals surface area (Å²) in [6, 6.07) is 2.87. The third-order valence-electron chi connectivity index (χ3n) is 3.89. The second kappa shape index (κ2) is 7.26. The van der Waals surface area contributed by atoms with Gasteiger partial charge in [-0.3, -0.25) is 14.3 Å². The van der Waals surface area contributed by atoms with Crippen LogP contribution in [0.25, 0.3) is 11.0 Å². The van der Waals surface area contributed by atoms with E-state index in [-0.39, 0.29) is 30.9 Å². The van der Waals surface area contributed by atoms with E-state index in [0.717, 1.165) is 24.0 Å². The van der Waals surface area contributed by atoms with Crippen LogP contribution in [-0.2, 0) is 11.3 Å². The number of rotatable bonds is 5. The van der Waals surface area contributed by atoms with Gasteiger partial charge in [-0.05, 0) is 25.0 Å². The van der Waals surface area contributed by atoms with E-state index in [9.17, 15) is 14.4 Å². The molecular formula is C15H19N5O4. The Morgan fingerprint density at radius 2 is 2.29 bits per heavy atom. The van der Waals surface area contributed by atoms with Crippen LogP contribution in [0.2, 0.25) is 0 Å². The lowest BCUT2D eigenvalue weighted by Gasteiger charge is -2.12. The van der Waals surface area contributed by atoms with Gasteiger partial charge in [0.1, 0.15) is 5.65 Å². The van der Waals surface area contributed by atoms with E-state index in [2.05, 4.69) is 20.6 Å². The molecule has 2 aromatic rings. The van der Waals surface area contributed by atoms with Gasteiger partial charge in [0.15, 0.2) is 0 Å². The highest BCUT2D eigenvalue weighted by Gasteiger charge is 2.16. The SMILES string of the molecule is O=C(NCCn1c(=O)[nH]c2ncccc2c1=O)NC[C@@H]1CCCO1. The van der Waals surface area contributed by atoms with Gasteiger partial charge in [0.05, 0.1) is 11.5 Å². The van der Waals surface area contributed by atoms with E-state index in [1.54, 1.807) is 12.1 Å². The summed E-state index contributed by atoms with van der Waals surface area (Å²) in [7, 11) is 0. The molecule has 1 aliphatic heterocycles. The summed E-state index contributed by atoms with van der Waals surface area (Å²) in [5, 5.41) is 5.67. The van der Waals surface area contributed by atoms with Crippen LogP contribution < -0.4 is 21.9 Å². The highest BCUT2D eigenvalue weighted by molar-refractivity contribution is 5.74. The molecule has 2 amide bonds. The fourth-order valence-corrected chi connectivity index (χ4v) is 2.64. The van der Waals surface area contributed by atoms with Gasteiger partial charge in [0, 0.05) is 32.4 Å². The van der Waals surface area contributed by atoms with E-state index >= 15 is 0 Å². The molecule has 0 radical (unpaired) electrons. The van der Waals surface area contributed by atoms with Crippen LogP contribution in [0.15, 0.2) is 27.9 Å². The van der Waals surface area contributed by atoms with Crippen LogP contribution in [0, 0.1) is 0 Å². The van der Waals surface area contributed by atoms with Crippen molar-refractivity contribution in [2.75, 3.05) is 19.7 Å². The minimum Gasteiger partial charge on any atom is -0.376 e. The van der Waals surface area contributed by atoms with Crippen molar-refractivity contribution in [3.8, 4) is 0 Å². The summed E-state index contributed by atoms with van der Waals surface area (Å²) in [5.74, 6) is 0. The molecular weight excluding hydrogens is 314 g/mol. The topological polar surface area (TPSA) is 118 Å².